The summed E-state index contributed by atoms with van der Waals surface area (Å²) in [7, 11) is 0. The van der Waals surface area contributed by atoms with E-state index < -0.39 is 47.9 Å². The van der Waals surface area contributed by atoms with Crippen LogP contribution in [0.25, 0.3) is 0 Å². The zero-order valence-electron chi connectivity index (χ0n) is 15.4. The Labute approximate surface area is 164 Å². The van der Waals surface area contributed by atoms with Crippen molar-refractivity contribution in [1.82, 2.24) is 0 Å². The number of hydrogen-bond acceptors (Lipinski definition) is 8. The summed E-state index contributed by atoms with van der Waals surface area (Å²) in [6.45, 7) is 0. The van der Waals surface area contributed by atoms with Crippen molar-refractivity contribution < 1.29 is 59.4 Å². The minimum atomic E-state index is -1.17. The summed E-state index contributed by atoms with van der Waals surface area (Å²) < 4.78 is 0. The van der Waals surface area contributed by atoms with Crippen molar-refractivity contribution in [1.29, 1.82) is 0 Å². The van der Waals surface area contributed by atoms with Gasteiger partial charge in [0, 0.05) is 25.7 Å². The van der Waals surface area contributed by atoms with Crippen LogP contribution >= 0.6 is 0 Å². The fourth-order valence-electron chi connectivity index (χ4n) is 1.20. The lowest BCUT2D eigenvalue weighted by molar-refractivity contribution is -0.141. The number of aliphatic carboxylic acids is 6. The van der Waals surface area contributed by atoms with Crippen LogP contribution in [0, 0.1) is 0 Å². The molecule has 0 aliphatic heterocycles. The lowest BCUT2D eigenvalue weighted by Gasteiger charge is -2.01. The van der Waals surface area contributed by atoms with Crippen molar-refractivity contribution >= 4 is 35.8 Å². The SMILES string of the molecule is N[C@@H](CCC(=O)O)C(=O)O.N[C@@H](CCC(=O)O)C(=O)O.O=C(O)CCCC(=O)O. The van der Waals surface area contributed by atoms with Crippen LogP contribution in [0.15, 0.2) is 0 Å². The van der Waals surface area contributed by atoms with Gasteiger partial charge in [-0.05, 0) is 19.3 Å². The molecule has 14 heteroatoms. The Kier molecular flexibility index (Phi) is 19.0. The highest BCUT2D eigenvalue weighted by atomic mass is 16.4. The van der Waals surface area contributed by atoms with E-state index in [9.17, 15) is 28.8 Å². The van der Waals surface area contributed by atoms with Crippen LogP contribution in [0.2, 0.25) is 0 Å². The highest BCUT2D eigenvalue weighted by Crippen LogP contribution is 1.94. The molecule has 29 heavy (non-hydrogen) atoms. The third-order valence-corrected chi connectivity index (χ3v) is 2.75. The first-order chi connectivity index (χ1) is 13.2. The summed E-state index contributed by atoms with van der Waals surface area (Å²) in [5.74, 6) is -6.29. The first kappa shape index (κ1) is 30.5. The van der Waals surface area contributed by atoms with Crippen LogP contribution in [0.1, 0.15) is 44.9 Å². The van der Waals surface area contributed by atoms with Gasteiger partial charge in [-0.15, -0.1) is 0 Å². The minimum absolute atomic E-state index is 0.0231. The molecule has 0 unspecified atom stereocenters. The molecule has 0 saturated carbocycles. The third-order valence-electron chi connectivity index (χ3n) is 2.75. The number of carboxylic acids is 6. The van der Waals surface area contributed by atoms with E-state index in [1.54, 1.807) is 0 Å². The molecule has 0 heterocycles. The van der Waals surface area contributed by atoms with Crippen LogP contribution in [-0.4, -0.2) is 78.5 Å². The van der Waals surface area contributed by atoms with Gasteiger partial charge in [0.2, 0.25) is 0 Å². The molecular weight excluding hydrogens is 400 g/mol. The zero-order valence-corrected chi connectivity index (χ0v) is 15.4. The second kappa shape index (κ2) is 18.1. The van der Waals surface area contributed by atoms with Gasteiger partial charge < -0.3 is 42.1 Å². The van der Waals surface area contributed by atoms with Crippen molar-refractivity contribution in [2.24, 2.45) is 11.5 Å². The second-order valence-electron chi connectivity index (χ2n) is 5.40. The van der Waals surface area contributed by atoms with Crippen molar-refractivity contribution in [3.8, 4) is 0 Å². The number of carbonyl (C=O) groups is 6. The van der Waals surface area contributed by atoms with Crippen LogP contribution in [0.3, 0.4) is 0 Å². The molecule has 10 N–H and O–H groups in total. The van der Waals surface area contributed by atoms with Gasteiger partial charge in [-0.25, -0.2) is 0 Å². The van der Waals surface area contributed by atoms with E-state index in [-0.39, 0.29) is 44.9 Å². The Bertz CT molecular complexity index is 516. The average molecular weight is 426 g/mol. The predicted molar refractivity (Wildman–Crippen MR) is 94.1 cm³/mol. The van der Waals surface area contributed by atoms with Gasteiger partial charge >= 0.3 is 35.8 Å². The quantitative estimate of drug-likeness (QED) is 0.183. The first-order valence-electron chi connectivity index (χ1n) is 8.04. The average Bonchev–Trinajstić information content (AvgIpc) is 2.57. The van der Waals surface area contributed by atoms with Crippen LogP contribution in [0.4, 0.5) is 0 Å². The third kappa shape index (κ3) is 29.7. The minimum Gasteiger partial charge on any atom is -0.481 e. The molecule has 0 amide bonds. The van der Waals surface area contributed by atoms with Gasteiger partial charge in [-0.3, -0.25) is 28.8 Å². The van der Waals surface area contributed by atoms with Gasteiger partial charge in [0.25, 0.3) is 0 Å². The molecule has 14 nitrogen and oxygen atoms in total. The van der Waals surface area contributed by atoms with E-state index in [0.717, 1.165) is 0 Å². The lowest BCUT2D eigenvalue weighted by atomic mass is 10.2. The van der Waals surface area contributed by atoms with E-state index >= 15 is 0 Å². The fourth-order valence-corrected chi connectivity index (χ4v) is 1.20. The molecule has 0 aliphatic carbocycles. The zero-order chi connectivity index (χ0) is 23.6. The molecule has 0 radical (unpaired) electrons. The Morgan fingerprint density at radius 1 is 0.517 bits per heavy atom. The summed E-state index contributed by atoms with van der Waals surface area (Å²) >= 11 is 0. The fraction of sp³-hybridized carbons (Fsp3) is 0.600. The maximum absolute atomic E-state index is 9.99. The Balaban J connectivity index is -0.000000350. The van der Waals surface area contributed by atoms with Crippen molar-refractivity contribution in [3.63, 3.8) is 0 Å². The van der Waals surface area contributed by atoms with Crippen molar-refractivity contribution in [2.45, 2.75) is 57.0 Å². The maximum Gasteiger partial charge on any atom is 0.320 e. The van der Waals surface area contributed by atoms with Gasteiger partial charge in [-0.1, -0.05) is 0 Å². The Morgan fingerprint density at radius 3 is 0.931 bits per heavy atom. The van der Waals surface area contributed by atoms with E-state index in [4.69, 9.17) is 42.1 Å². The Morgan fingerprint density at radius 2 is 0.759 bits per heavy atom. The lowest BCUT2D eigenvalue weighted by Crippen LogP contribution is -2.30. The van der Waals surface area contributed by atoms with Crippen LogP contribution in [-0.2, 0) is 28.8 Å². The summed E-state index contributed by atoms with van der Waals surface area (Å²) in [6, 6.07) is -2.12. The van der Waals surface area contributed by atoms with Crippen LogP contribution < -0.4 is 11.5 Å². The van der Waals surface area contributed by atoms with Gasteiger partial charge in [0.05, 0.1) is 0 Å². The summed E-state index contributed by atoms with van der Waals surface area (Å²) in [6.07, 6.45) is -0.362. The highest BCUT2D eigenvalue weighted by Gasteiger charge is 2.12. The molecule has 0 fully saturated rings. The normalized spacial score (nSPS) is 11.4. The topological polar surface area (TPSA) is 276 Å². The van der Waals surface area contributed by atoms with Crippen molar-refractivity contribution in [3.05, 3.63) is 0 Å². The molecule has 0 spiro atoms. The molecule has 0 aromatic rings. The van der Waals surface area contributed by atoms with E-state index in [0.29, 0.717) is 0 Å². The molecular formula is C15H26N2O12. The summed E-state index contributed by atoms with van der Waals surface area (Å²) in [5, 5.41) is 48.6. The van der Waals surface area contributed by atoms with E-state index in [2.05, 4.69) is 0 Å². The molecule has 0 bridgehead atoms. The van der Waals surface area contributed by atoms with Gasteiger partial charge in [0.15, 0.2) is 0 Å². The number of carboxylic acid groups (broad SMARTS) is 6. The summed E-state index contributed by atoms with van der Waals surface area (Å²) in [5.41, 5.74) is 10.0. The van der Waals surface area contributed by atoms with E-state index in [1.165, 1.54) is 0 Å². The number of hydrogen-bond donors (Lipinski definition) is 8. The smallest absolute Gasteiger partial charge is 0.320 e. The van der Waals surface area contributed by atoms with Crippen molar-refractivity contribution in [2.75, 3.05) is 0 Å². The molecule has 168 valence electrons. The van der Waals surface area contributed by atoms with Gasteiger partial charge in [0.1, 0.15) is 12.1 Å². The molecule has 0 saturated heterocycles. The molecule has 0 aliphatic rings. The maximum atomic E-state index is 9.99. The molecule has 2 atom stereocenters. The second-order valence-corrected chi connectivity index (χ2v) is 5.40. The molecule has 0 aromatic carbocycles. The predicted octanol–water partition coefficient (Wildman–Crippen LogP) is -1.15. The molecule has 0 rings (SSSR count). The van der Waals surface area contributed by atoms with Crippen LogP contribution in [0.5, 0.6) is 0 Å². The highest BCUT2D eigenvalue weighted by molar-refractivity contribution is 5.75. The summed E-state index contributed by atoms with van der Waals surface area (Å²) in [4.78, 5) is 59.3. The number of nitrogens with two attached hydrogens (primary N) is 2. The monoisotopic (exact) mass is 426 g/mol. The molecule has 0 aromatic heterocycles. The largest absolute Gasteiger partial charge is 0.481 e. The standard InChI is InChI=1S/2C5H9NO4.C5H8O4/c2*6-3(5(9)10)1-2-4(7)8;6-4(7)2-1-3-5(8)9/h2*3H,1-2,6H2,(H,7,8)(H,9,10);1-3H2,(H,6,7)(H,8,9)/t2*3-;/m00./s1. The van der Waals surface area contributed by atoms with Gasteiger partial charge in [-0.2, -0.15) is 0 Å². The number of rotatable bonds is 12. The van der Waals surface area contributed by atoms with E-state index in [1.807, 2.05) is 0 Å². The Hall–Kier alpha value is -3.26. The first-order valence-corrected chi connectivity index (χ1v) is 8.04.